The summed E-state index contributed by atoms with van der Waals surface area (Å²) in [4.78, 5) is 28.6. The van der Waals surface area contributed by atoms with Gasteiger partial charge in [0.15, 0.2) is 0 Å². The molecule has 2 rings (SSSR count). The van der Waals surface area contributed by atoms with E-state index in [4.69, 9.17) is 5.11 Å². The van der Waals surface area contributed by atoms with E-state index in [0.717, 1.165) is 11.5 Å². The van der Waals surface area contributed by atoms with Gasteiger partial charge in [0.05, 0.1) is 18.2 Å². The van der Waals surface area contributed by atoms with Crippen LogP contribution in [-0.2, 0) is 7.05 Å². The van der Waals surface area contributed by atoms with Gasteiger partial charge in [0, 0.05) is 14.1 Å². The normalized spacial score (nSPS) is 10.5. The van der Waals surface area contributed by atoms with Crippen LogP contribution in [0.1, 0.15) is 26.5 Å². The van der Waals surface area contributed by atoms with Crippen molar-refractivity contribution < 1.29 is 14.7 Å². The van der Waals surface area contributed by atoms with Crippen molar-refractivity contribution >= 4 is 28.4 Å². The van der Waals surface area contributed by atoms with E-state index in [0.29, 0.717) is 16.4 Å². The largest absolute Gasteiger partial charge is 0.478 e. The van der Waals surface area contributed by atoms with Crippen molar-refractivity contribution in [1.29, 1.82) is 0 Å². The molecular formula is C11H12N4O3S. The van der Waals surface area contributed by atoms with E-state index in [1.807, 2.05) is 0 Å². The first kappa shape index (κ1) is 13.2. The number of imidazole rings is 1. The van der Waals surface area contributed by atoms with Crippen LogP contribution >= 0.6 is 11.5 Å². The molecule has 0 atom stereocenters. The zero-order chi connectivity index (χ0) is 14.2. The molecule has 2 aromatic rings. The van der Waals surface area contributed by atoms with E-state index in [1.54, 1.807) is 18.5 Å². The number of rotatable bonds is 3. The number of carbonyl (C=O) groups excluding carboxylic acids is 1. The number of nitrogens with zero attached hydrogens (tertiary/aromatic N) is 4. The van der Waals surface area contributed by atoms with Crippen molar-refractivity contribution in [3.05, 3.63) is 29.5 Å². The summed E-state index contributed by atoms with van der Waals surface area (Å²) in [5.74, 6) is -1.42. The Morgan fingerprint density at radius 1 is 1.47 bits per heavy atom. The number of anilines is 1. The van der Waals surface area contributed by atoms with Gasteiger partial charge in [-0.05, 0) is 18.5 Å². The minimum Gasteiger partial charge on any atom is -0.478 e. The first-order valence-electron chi connectivity index (χ1n) is 5.37. The van der Waals surface area contributed by atoms with Gasteiger partial charge in [0.25, 0.3) is 5.91 Å². The highest BCUT2D eigenvalue weighted by molar-refractivity contribution is 7.11. The highest BCUT2D eigenvalue weighted by Crippen LogP contribution is 2.28. The molecule has 0 aromatic carbocycles. The summed E-state index contributed by atoms with van der Waals surface area (Å²) in [5.41, 5.74) is 0.838. The van der Waals surface area contributed by atoms with E-state index in [2.05, 4.69) is 9.36 Å². The van der Waals surface area contributed by atoms with Crippen LogP contribution in [0.3, 0.4) is 0 Å². The van der Waals surface area contributed by atoms with E-state index in [9.17, 15) is 9.59 Å². The summed E-state index contributed by atoms with van der Waals surface area (Å²) in [6.45, 7) is 1.60. The maximum atomic E-state index is 12.3. The van der Waals surface area contributed by atoms with Crippen LogP contribution in [0.5, 0.6) is 0 Å². The lowest BCUT2D eigenvalue weighted by Crippen LogP contribution is -2.28. The third-order valence-corrected chi connectivity index (χ3v) is 3.72. The van der Waals surface area contributed by atoms with Crippen LogP contribution in [0.15, 0.2) is 12.5 Å². The predicted molar refractivity (Wildman–Crippen MR) is 69.8 cm³/mol. The fraction of sp³-hybridized carbons (Fsp3) is 0.273. The molecular weight excluding hydrogens is 268 g/mol. The van der Waals surface area contributed by atoms with Crippen LogP contribution < -0.4 is 4.90 Å². The highest BCUT2D eigenvalue weighted by Gasteiger charge is 2.25. The summed E-state index contributed by atoms with van der Waals surface area (Å²) >= 11 is 0.989. The number of amides is 1. The van der Waals surface area contributed by atoms with Crippen LogP contribution in [0.2, 0.25) is 0 Å². The molecule has 0 aliphatic carbocycles. The summed E-state index contributed by atoms with van der Waals surface area (Å²) in [5, 5.41) is 9.48. The topological polar surface area (TPSA) is 88.3 Å². The van der Waals surface area contributed by atoms with Gasteiger partial charge in [0.1, 0.15) is 16.3 Å². The van der Waals surface area contributed by atoms with Crippen molar-refractivity contribution in [3.63, 3.8) is 0 Å². The maximum Gasteiger partial charge on any atom is 0.340 e. The van der Waals surface area contributed by atoms with Gasteiger partial charge < -0.3 is 9.67 Å². The Hall–Kier alpha value is -2.22. The molecule has 0 radical (unpaired) electrons. The molecule has 0 spiro atoms. The third-order valence-electron chi connectivity index (χ3n) is 2.70. The quantitative estimate of drug-likeness (QED) is 0.911. The molecule has 2 heterocycles. The summed E-state index contributed by atoms with van der Waals surface area (Å²) < 4.78 is 5.57. The predicted octanol–water partition coefficient (Wildman–Crippen LogP) is 1.16. The Morgan fingerprint density at radius 2 is 2.16 bits per heavy atom. The molecule has 0 bridgehead atoms. The number of aryl methyl sites for hydroxylation is 2. The van der Waals surface area contributed by atoms with Gasteiger partial charge in [-0.3, -0.25) is 9.69 Å². The van der Waals surface area contributed by atoms with Crippen molar-refractivity contribution in [3.8, 4) is 0 Å². The number of carboxylic acids is 1. The summed E-state index contributed by atoms with van der Waals surface area (Å²) in [6.07, 6.45) is 2.95. The molecule has 100 valence electrons. The van der Waals surface area contributed by atoms with Gasteiger partial charge in [-0.15, -0.1) is 0 Å². The molecule has 0 aliphatic heterocycles. The van der Waals surface area contributed by atoms with Crippen molar-refractivity contribution in [2.24, 2.45) is 7.05 Å². The number of aromatic carboxylic acids is 1. The molecule has 1 amide bonds. The molecule has 0 unspecified atom stereocenters. The average molecular weight is 280 g/mol. The lowest BCUT2D eigenvalue weighted by Gasteiger charge is -2.15. The van der Waals surface area contributed by atoms with Crippen LogP contribution in [-0.4, -0.2) is 38.0 Å². The van der Waals surface area contributed by atoms with E-state index in [-0.39, 0.29) is 11.5 Å². The summed E-state index contributed by atoms with van der Waals surface area (Å²) in [7, 11) is 3.22. The van der Waals surface area contributed by atoms with Crippen LogP contribution in [0.25, 0.3) is 0 Å². The van der Waals surface area contributed by atoms with Crippen LogP contribution in [0, 0.1) is 6.92 Å². The first-order chi connectivity index (χ1) is 8.93. The molecule has 19 heavy (non-hydrogen) atoms. The van der Waals surface area contributed by atoms with Gasteiger partial charge in [-0.1, -0.05) is 0 Å². The van der Waals surface area contributed by atoms with Gasteiger partial charge in [-0.2, -0.15) is 4.37 Å². The summed E-state index contributed by atoms with van der Waals surface area (Å²) in [6, 6.07) is 0. The number of carbonyl (C=O) groups is 2. The molecule has 0 saturated heterocycles. The SMILES string of the molecule is Cc1nsc(N(C)C(=O)c2cncn2C)c1C(=O)O. The van der Waals surface area contributed by atoms with Gasteiger partial charge >= 0.3 is 5.97 Å². The van der Waals surface area contributed by atoms with E-state index in [1.165, 1.54) is 24.5 Å². The zero-order valence-corrected chi connectivity index (χ0v) is 11.4. The van der Waals surface area contributed by atoms with E-state index < -0.39 is 5.97 Å². The highest BCUT2D eigenvalue weighted by atomic mass is 32.1. The zero-order valence-electron chi connectivity index (χ0n) is 10.6. The Morgan fingerprint density at radius 3 is 2.68 bits per heavy atom. The molecule has 7 nitrogen and oxygen atoms in total. The number of carboxylic acid groups (broad SMARTS) is 1. The molecule has 0 saturated carbocycles. The van der Waals surface area contributed by atoms with Crippen molar-refractivity contribution in [1.82, 2.24) is 13.9 Å². The van der Waals surface area contributed by atoms with Crippen molar-refractivity contribution in [2.75, 3.05) is 11.9 Å². The second-order valence-corrected chi connectivity index (χ2v) is 4.76. The minimum atomic E-state index is -1.09. The Bertz CT molecular complexity index is 646. The Kier molecular flexibility index (Phi) is 3.34. The number of aromatic nitrogens is 3. The van der Waals surface area contributed by atoms with Gasteiger partial charge in [-0.25, -0.2) is 9.78 Å². The minimum absolute atomic E-state index is 0.0584. The lowest BCUT2D eigenvalue weighted by molar-refractivity contribution is 0.0697. The average Bonchev–Trinajstić information content (AvgIpc) is 2.93. The third kappa shape index (κ3) is 2.22. The smallest absolute Gasteiger partial charge is 0.340 e. The monoisotopic (exact) mass is 280 g/mol. The maximum absolute atomic E-state index is 12.3. The second-order valence-electron chi connectivity index (χ2n) is 4.01. The van der Waals surface area contributed by atoms with Crippen molar-refractivity contribution in [2.45, 2.75) is 6.92 Å². The number of hydrogen-bond acceptors (Lipinski definition) is 5. The standard InChI is InChI=1S/C11H12N4O3S/c1-6-8(11(17)18)10(19-13-6)15(3)9(16)7-4-12-5-14(7)2/h4-5H,1-3H3,(H,17,18). The first-order valence-corrected chi connectivity index (χ1v) is 6.14. The Balaban J connectivity index is 2.40. The molecule has 8 heteroatoms. The van der Waals surface area contributed by atoms with E-state index >= 15 is 0 Å². The fourth-order valence-corrected chi connectivity index (χ4v) is 2.51. The Labute approximate surface area is 113 Å². The molecule has 1 N–H and O–H groups in total. The molecule has 2 aromatic heterocycles. The lowest BCUT2D eigenvalue weighted by atomic mass is 10.2. The second kappa shape index (κ2) is 4.81. The number of hydrogen-bond donors (Lipinski definition) is 1. The fourth-order valence-electron chi connectivity index (χ4n) is 1.66. The molecule has 0 fully saturated rings. The molecule has 0 aliphatic rings. The van der Waals surface area contributed by atoms with Crippen LogP contribution in [0.4, 0.5) is 5.00 Å². The van der Waals surface area contributed by atoms with Gasteiger partial charge in [0.2, 0.25) is 0 Å².